The van der Waals surface area contributed by atoms with Gasteiger partial charge in [-0.2, -0.15) is 0 Å². The highest BCUT2D eigenvalue weighted by molar-refractivity contribution is 9.10. The van der Waals surface area contributed by atoms with Crippen LogP contribution in [0.4, 0.5) is 0 Å². The monoisotopic (exact) mass is 325 g/mol. The lowest BCUT2D eigenvalue weighted by Gasteiger charge is -2.20. The van der Waals surface area contributed by atoms with Crippen LogP contribution in [0.3, 0.4) is 0 Å². The largest absolute Gasteiger partial charge is 0.366 e. The quantitative estimate of drug-likeness (QED) is 0.897. The molecule has 0 amide bonds. The van der Waals surface area contributed by atoms with Gasteiger partial charge in [-0.15, -0.1) is 11.3 Å². The Bertz CT molecular complexity index is 484. The maximum atomic E-state index is 5.99. The molecule has 1 aromatic heterocycles. The molecule has 96 valence electrons. The van der Waals surface area contributed by atoms with E-state index in [4.69, 9.17) is 10.5 Å². The van der Waals surface area contributed by atoms with E-state index in [2.05, 4.69) is 34.1 Å². The summed E-state index contributed by atoms with van der Waals surface area (Å²) in [6.07, 6.45) is -0.0380. The number of hydrogen-bond donors (Lipinski definition) is 1. The number of ether oxygens (including phenoxy) is 1. The summed E-state index contributed by atoms with van der Waals surface area (Å²) in [4.78, 5) is 1.18. The average Bonchev–Trinajstić information content (AvgIpc) is 2.82. The van der Waals surface area contributed by atoms with Crippen molar-refractivity contribution in [3.63, 3.8) is 0 Å². The highest BCUT2D eigenvalue weighted by atomic mass is 79.9. The van der Waals surface area contributed by atoms with Crippen LogP contribution in [0.15, 0.2) is 46.3 Å². The van der Waals surface area contributed by atoms with E-state index in [1.54, 1.807) is 11.3 Å². The third kappa shape index (κ3) is 3.65. The number of thiophene rings is 1. The highest BCUT2D eigenvalue weighted by Gasteiger charge is 2.17. The Hall–Kier alpha value is -0.680. The summed E-state index contributed by atoms with van der Waals surface area (Å²) >= 11 is 5.14. The number of nitrogens with two attached hydrogens (primary N) is 1. The summed E-state index contributed by atoms with van der Waals surface area (Å²) in [7, 11) is 0. The maximum absolute atomic E-state index is 5.99. The van der Waals surface area contributed by atoms with Crippen molar-refractivity contribution in [2.24, 2.45) is 5.73 Å². The number of rotatable bonds is 5. The maximum Gasteiger partial charge on any atom is 0.107 e. The third-order valence-corrected chi connectivity index (χ3v) is 4.05. The zero-order valence-corrected chi connectivity index (χ0v) is 12.6. The van der Waals surface area contributed by atoms with E-state index in [0.29, 0.717) is 6.61 Å². The minimum atomic E-state index is -0.0380. The number of halogens is 1. The first-order chi connectivity index (χ1) is 8.66. The fraction of sp³-hybridized carbons (Fsp3) is 0.286. The van der Waals surface area contributed by atoms with Gasteiger partial charge in [0.05, 0.1) is 6.61 Å². The summed E-state index contributed by atoms with van der Waals surface area (Å²) in [6.45, 7) is 2.55. The van der Waals surface area contributed by atoms with E-state index in [1.165, 1.54) is 4.88 Å². The van der Waals surface area contributed by atoms with Gasteiger partial charge in [-0.25, -0.2) is 0 Å². The minimum absolute atomic E-state index is 0.0178. The van der Waals surface area contributed by atoms with E-state index in [-0.39, 0.29) is 12.1 Å². The second-order valence-corrected chi connectivity index (χ2v) is 6.13. The Balaban J connectivity index is 2.03. The van der Waals surface area contributed by atoms with Gasteiger partial charge in [-0.05, 0) is 36.1 Å². The van der Waals surface area contributed by atoms with Crippen molar-refractivity contribution < 1.29 is 4.74 Å². The predicted molar refractivity (Wildman–Crippen MR) is 79.6 cm³/mol. The van der Waals surface area contributed by atoms with Gasteiger partial charge >= 0.3 is 0 Å². The normalized spacial score (nSPS) is 14.4. The molecular formula is C14H16BrNOS. The molecule has 0 saturated carbocycles. The van der Waals surface area contributed by atoms with Crippen molar-refractivity contribution in [2.75, 3.05) is 0 Å². The van der Waals surface area contributed by atoms with Crippen molar-refractivity contribution in [1.29, 1.82) is 0 Å². The fourth-order valence-electron chi connectivity index (χ4n) is 1.76. The molecule has 2 atom stereocenters. The summed E-state index contributed by atoms with van der Waals surface area (Å²) < 4.78 is 7.02. The van der Waals surface area contributed by atoms with Crippen LogP contribution in [-0.2, 0) is 11.3 Å². The van der Waals surface area contributed by atoms with Gasteiger partial charge in [-0.3, -0.25) is 0 Å². The molecule has 1 heterocycles. The summed E-state index contributed by atoms with van der Waals surface area (Å²) in [5, 5.41) is 2.05. The van der Waals surface area contributed by atoms with Crippen LogP contribution >= 0.6 is 27.3 Å². The second kappa shape index (κ2) is 6.48. The van der Waals surface area contributed by atoms with Crippen LogP contribution < -0.4 is 5.73 Å². The Kier molecular flexibility index (Phi) is 4.95. The lowest BCUT2D eigenvalue weighted by atomic mass is 10.1. The first-order valence-corrected chi connectivity index (χ1v) is 7.49. The molecule has 18 heavy (non-hydrogen) atoms. The molecule has 0 fully saturated rings. The Morgan fingerprint density at radius 2 is 2.17 bits per heavy atom. The molecule has 1 aromatic carbocycles. The Labute approximate surface area is 120 Å². The molecule has 0 aliphatic heterocycles. The zero-order chi connectivity index (χ0) is 13.0. The third-order valence-electron chi connectivity index (χ3n) is 2.62. The minimum Gasteiger partial charge on any atom is -0.366 e. The average molecular weight is 326 g/mol. The topological polar surface area (TPSA) is 35.2 Å². The molecule has 0 aliphatic rings. The van der Waals surface area contributed by atoms with E-state index < -0.39 is 0 Å². The van der Waals surface area contributed by atoms with Crippen LogP contribution in [0.1, 0.15) is 23.5 Å². The lowest BCUT2D eigenvalue weighted by Crippen LogP contribution is -2.26. The number of benzene rings is 1. The van der Waals surface area contributed by atoms with Crippen molar-refractivity contribution in [1.82, 2.24) is 0 Å². The molecular weight excluding hydrogens is 310 g/mol. The molecule has 2 nitrogen and oxygen atoms in total. The molecule has 2 N–H and O–H groups in total. The molecule has 0 spiro atoms. The van der Waals surface area contributed by atoms with Crippen LogP contribution in [0.25, 0.3) is 0 Å². The van der Waals surface area contributed by atoms with Crippen LogP contribution in [0.2, 0.25) is 0 Å². The Morgan fingerprint density at radius 3 is 2.78 bits per heavy atom. The molecule has 4 heteroatoms. The van der Waals surface area contributed by atoms with E-state index in [0.717, 1.165) is 10.0 Å². The van der Waals surface area contributed by atoms with Gasteiger partial charge in [0.1, 0.15) is 6.10 Å². The smallest absolute Gasteiger partial charge is 0.107 e. The van der Waals surface area contributed by atoms with Gasteiger partial charge in [-0.1, -0.05) is 34.1 Å². The summed E-state index contributed by atoms with van der Waals surface area (Å²) in [6, 6.07) is 12.2. The van der Waals surface area contributed by atoms with Gasteiger partial charge < -0.3 is 10.5 Å². The first kappa shape index (κ1) is 13.7. The second-order valence-electron chi connectivity index (χ2n) is 4.24. The van der Waals surface area contributed by atoms with Crippen molar-refractivity contribution in [3.05, 3.63) is 56.7 Å². The van der Waals surface area contributed by atoms with Crippen LogP contribution in [0.5, 0.6) is 0 Å². The SMILES string of the molecule is CC(N)C(OCc1cccc(Br)c1)c1cccs1. The van der Waals surface area contributed by atoms with E-state index in [1.807, 2.05) is 30.5 Å². The van der Waals surface area contributed by atoms with Gasteiger partial charge in [0.25, 0.3) is 0 Å². The van der Waals surface area contributed by atoms with Crippen molar-refractivity contribution >= 4 is 27.3 Å². The standard InChI is InChI=1S/C14H16BrNOS/c1-10(16)14(13-6-3-7-18-13)17-9-11-4-2-5-12(15)8-11/h2-8,10,14H,9,16H2,1H3. The highest BCUT2D eigenvalue weighted by Crippen LogP contribution is 2.26. The molecule has 2 aromatic rings. The summed E-state index contributed by atoms with van der Waals surface area (Å²) in [5.41, 5.74) is 7.14. The van der Waals surface area contributed by atoms with Crippen LogP contribution in [-0.4, -0.2) is 6.04 Å². The molecule has 0 radical (unpaired) electrons. The Morgan fingerprint density at radius 1 is 1.33 bits per heavy atom. The fourth-order valence-corrected chi connectivity index (χ4v) is 3.09. The lowest BCUT2D eigenvalue weighted by molar-refractivity contribution is 0.0282. The summed E-state index contributed by atoms with van der Waals surface area (Å²) in [5.74, 6) is 0. The molecule has 2 unspecified atom stereocenters. The number of hydrogen-bond acceptors (Lipinski definition) is 3. The first-order valence-electron chi connectivity index (χ1n) is 5.82. The molecule has 0 bridgehead atoms. The van der Waals surface area contributed by atoms with Gasteiger partial charge in [0, 0.05) is 15.4 Å². The van der Waals surface area contributed by atoms with E-state index >= 15 is 0 Å². The molecule has 0 aliphatic carbocycles. The molecule has 2 rings (SSSR count). The predicted octanol–water partition coefficient (Wildman–Crippen LogP) is 4.12. The van der Waals surface area contributed by atoms with E-state index in [9.17, 15) is 0 Å². The van der Waals surface area contributed by atoms with Gasteiger partial charge in [0.15, 0.2) is 0 Å². The van der Waals surface area contributed by atoms with Crippen molar-refractivity contribution in [2.45, 2.75) is 25.7 Å². The van der Waals surface area contributed by atoms with Crippen molar-refractivity contribution in [3.8, 4) is 0 Å². The van der Waals surface area contributed by atoms with Crippen LogP contribution in [0, 0.1) is 0 Å². The van der Waals surface area contributed by atoms with Gasteiger partial charge in [0.2, 0.25) is 0 Å². The zero-order valence-electron chi connectivity index (χ0n) is 10.2. The molecule has 0 saturated heterocycles.